The van der Waals surface area contributed by atoms with Gasteiger partial charge in [-0.2, -0.15) is 5.26 Å². The van der Waals surface area contributed by atoms with Crippen molar-refractivity contribution in [2.45, 2.75) is 52.9 Å². The maximum atomic E-state index is 12.1. The molecular formula is C18H25F3N2O. The second-order valence-electron chi connectivity index (χ2n) is 6.11. The number of hydrogen-bond donors (Lipinski definition) is 0. The third kappa shape index (κ3) is 6.79. The normalized spacial score (nSPS) is 17.4. The van der Waals surface area contributed by atoms with E-state index in [0.717, 1.165) is 31.5 Å². The average molecular weight is 342 g/mol. The smallest absolute Gasteiger partial charge is 0.406 e. The molecule has 0 aliphatic carbocycles. The average Bonchev–Trinajstić information content (AvgIpc) is 2.52. The van der Waals surface area contributed by atoms with E-state index >= 15 is 0 Å². The molecule has 0 bridgehead atoms. The fourth-order valence-electron chi connectivity index (χ4n) is 2.67. The Bertz CT molecular complexity index is 527. The van der Waals surface area contributed by atoms with E-state index in [2.05, 4.69) is 22.6 Å². The lowest BCUT2D eigenvalue weighted by Crippen LogP contribution is -2.38. The zero-order valence-corrected chi connectivity index (χ0v) is 14.5. The molecule has 24 heavy (non-hydrogen) atoms. The van der Waals surface area contributed by atoms with E-state index in [4.69, 9.17) is 5.26 Å². The molecule has 1 aliphatic rings. The first-order valence-electron chi connectivity index (χ1n) is 8.24. The van der Waals surface area contributed by atoms with E-state index in [1.807, 2.05) is 13.8 Å². The van der Waals surface area contributed by atoms with Crippen LogP contribution in [0, 0.1) is 16.7 Å². The molecule has 2 rings (SSSR count). The zero-order valence-electron chi connectivity index (χ0n) is 14.5. The van der Waals surface area contributed by atoms with Gasteiger partial charge < -0.3 is 4.74 Å². The summed E-state index contributed by atoms with van der Waals surface area (Å²) in [5.41, 5.74) is 1.05. The molecule has 0 unspecified atom stereocenters. The summed E-state index contributed by atoms with van der Waals surface area (Å²) in [7, 11) is 0. The summed E-state index contributed by atoms with van der Waals surface area (Å²) in [6.45, 7) is 8.64. The van der Waals surface area contributed by atoms with Crippen molar-refractivity contribution in [3.05, 3.63) is 29.8 Å². The van der Waals surface area contributed by atoms with Crippen LogP contribution in [0.2, 0.25) is 0 Å². The standard InChI is InChI=1S/C16H19F3N2O.C2H6/c1-15(6-9-20)7-10-21(11-8-15)12-13-2-4-14(5-3-13)22-16(17,18)19;1-2/h2-5H,6-8,10-12H2,1H3;1-2H3. The molecule has 0 aromatic heterocycles. The van der Waals surface area contributed by atoms with E-state index in [1.165, 1.54) is 12.1 Å². The Morgan fingerprint density at radius 2 is 1.71 bits per heavy atom. The number of nitrogens with zero attached hydrogens (tertiary/aromatic N) is 2. The molecule has 1 aliphatic heterocycles. The molecule has 0 radical (unpaired) electrons. The van der Waals surface area contributed by atoms with Gasteiger partial charge in [0, 0.05) is 13.0 Å². The van der Waals surface area contributed by atoms with E-state index < -0.39 is 6.36 Å². The highest BCUT2D eigenvalue weighted by atomic mass is 19.4. The number of rotatable bonds is 4. The quantitative estimate of drug-likeness (QED) is 0.761. The zero-order chi connectivity index (χ0) is 18.2. The SMILES string of the molecule is CC.CC1(CC#N)CCN(Cc2ccc(OC(F)(F)F)cc2)CC1. The third-order valence-electron chi connectivity index (χ3n) is 4.13. The maximum absolute atomic E-state index is 12.1. The van der Waals surface area contributed by atoms with E-state index in [1.54, 1.807) is 12.1 Å². The van der Waals surface area contributed by atoms with Gasteiger partial charge in [0.15, 0.2) is 0 Å². The predicted molar refractivity (Wildman–Crippen MR) is 87.3 cm³/mol. The summed E-state index contributed by atoms with van der Waals surface area (Å²) in [5, 5.41) is 8.84. The number of likely N-dealkylation sites (tertiary alicyclic amines) is 1. The number of alkyl halides is 3. The van der Waals surface area contributed by atoms with Crippen LogP contribution >= 0.6 is 0 Å². The van der Waals surface area contributed by atoms with Gasteiger partial charge in [-0.1, -0.05) is 32.9 Å². The molecule has 1 heterocycles. The van der Waals surface area contributed by atoms with E-state index in [9.17, 15) is 13.2 Å². The van der Waals surface area contributed by atoms with Gasteiger partial charge in [0.1, 0.15) is 5.75 Å². The Labute approximate surface area is 142 Å². The number of halogens is 3. The van der Waals surface area contributed by atoms with Crippen LogP contribution in [0.5, 0.6) is 5.75 Å². The van der Waals surface area contributed by atoms with Gasteiger partial charge in [0.2, 0.25) is 0 Å². The van der Waals surface area contributed by atoms with E-state index in [-0.39, 0.29) is 11.2 Å². The lowest BCUT2D eigenvalue weighted by atomic mass is 9.78. The van der Waals surface area contributed by atoms with Gasteiger partial charge in [-0.25, -0.2) is 0 Å². The minimum atomic E-state index is -4.65. The third-order valence-corrected chi connectivity index (χ3v) is 4.13. The number of benzene rings is 1. The van der Waals surface area contributed by atoms with E-state index in [0.29, 0.717) is 13.0 Å². The molecule has 6 heteroatoms. The molecule has 134 valence electrons. The highest BCUT2D eigenvalue weighted by Gasteiger charge is 2.31. The van der Waals surface area contributed by atoms with Crippen LogP contribution in [-0.4, -0.2) is 24.4 Å². The van der Waals surface area contributed by atoms with Crippen molar-refractivity contribution in [1.29, 1.82) is 5.26 Å². The minimum Gasteiger partial charge on any atom is -0.406 e. The Hall–Kier alpha value is -1.74. The van der Waals surface area contributed by atoms with Crippen LogP contribution < -0.4 is 4.74 Å². The van der Waals surface area contributed by atoms with Crippen molar-refractivity contribution < 1.29 is 17.9 Å². The van der Waals surface area contributed by atoms with Gasteiger partial charge in [-0.15, -0.1) is 13.2 Å². The topological polar surface area (TPSA) is 36.3 Å². The van der Waals surface area contributed by atoms with Crippen LogP contribution in [0.4, 0.5) is 13.2 Å². The maximum Gasteiger partial charge on any atom is 0.573 e. The molecule has 0 spiro atoms. The summed E-state index contributed by atoms with van der Waals surface area (Å²) in [6, 6.07) is 8.24. The van der Waals surface area contributed by atoms with Gasteiger partial charge in [-0.05, 0) is 49.0 Å². The molecule has 1 fully saturated rings. The Kier molecular flexibility index (Phi) is 7.56. The van der Waals surface area contributed by atoms with Gasteiger partial charge in [0.25, 0.3) is 0 Å². The second-order valence-corrected chi connectivity index (χ2v) is 6.11. The molecule has 0 saturated carbocycles. The number of piperidine rings is 1. The van der Waals surface area contributed by atoms with Crippen LogP contribution in [-0.2, 0) is 6.54 Å². The molecule has 1 saturated heterocycles. The molecular weight excluding hydrogens is 317 g/mol. The predicted octanol–water partition coefficient (Wildman–Crippen LogP) is 5.13. The summed E-state index contributed by atoms with van der Waals surface area (Å²) in [5.74, 6) is -0.198. The van der Waals surface area contributed by atoms with Crippen molar-refractivity contribution in [3.63, 3.8) is 0 Å². The first kappa shape index (κ1) is 20.3. The second kappa shape index (κ2) is 8.93. The fourth-order valence-corrected chi connectivity index (χ4v) is 2.67. The minimum absolute atomic E-state index is 0.0929. The largest absolute Gasteiger partial charge is 0.573 e. The Morgan fingerprint density at radius 3 is 2.17 bits per heavy atom. The Morgan fingerprint density at radius 1 is 1.17 bits per heavy atom. The van der Waals surface area contributed by atoms with Gasteiger partial charge in [-0.3, -0.25) is 4.90 Å². The van der Waals surface area contributed by atoms with Crippen molar-refractivity contribution in [1.82, 2.24) is 4.90 Å². The molecule has 1 aromatic carbocycles. The molecule has 1 aromatic rings. The van der Waals surface area contributed by atoms with Crippen molar-refractivity contribution in [2.75, 3.05) is 13.1 Å². The number of nitriles is 1. The lowest BCUT2D eigenvalue weighted by molar-refractivity contribution is -0.274. The summed E-state index contributed by atoms with van der Waals surface area (Å²) in [6.07, 6.45) is -2.14. The van der Waals surface area contributed by atoms with Gasteiger partial charge >= 0.3 is 6.36 Å². The van der Waals surface area contributed by atoms with Crippen LogP contribution in [0.1, 0.15) is 45.6 Å². The number of hydrogen-bond acceptors (Lipinski definition) is 3. The molecule has 0 atom stereocenters. The highest BCUT2D eigenvalue weighted by Crippen LogP contribution is 2.34. The first-order valence-corrected chi connectivity index (χ1v) is 8.24. The number of ether oxygens (including phenoxy) is 1. The lowest BCUT2D eigenvalue weighted by Gasteiger charge is -2.38. The van der Waals surface area contributed by atoms with Crippen LogP contribution in [0.25, 0.3) is 0 Å². The molecule has 0 amide bonds. The highest BCUT2D eigenvalue weighted by molar-refractivity contribution is 5.27. The van der Waals surface area contributed by atoms with Crippen LogP contribution in [0.15, 0.2) is 24.3 Å². The summed E-state index contributed by atoms with van der Waals surface area (Å²) in [4.78, 5) is 2.26. The summed E-state index contributed by atoms with van der Waals surface area (Å²) >= 11 is 0. The molecule has 0 N–H and O–H groups in total. The van der Waals surface area contributed by atoms with Gasteiger partial charge in [0.05, 0.1) is 6.07 Å². The van der Waals surface area contributed by atoms with Crippen molar-refractivity contribution >= 4 is 0 Å². The Balaban J connectivity index is 0.00000139. The summed E-state index contributed by atoms with van der Waals surface area (Å²) < 4.78 is 40.1. The molecule has 3 nitrogen and oxygen atoms in total. The first-order chi connectivity index (χ1) is 11.3. The fraction of sp³-hybridized carbons (Fsp3) is 0.611. The van der Waals surface area contributed by atoms with Crippen molar-refractivity contribution in [2.24, 2.45) is 5.41 Å². The van der Waals surface area contributed by atoms with Crippen molar-refractivity contribution in [3.8, 4) is 11.8 Å². The van der Waals surface area contributed by atoms with Crippen LogP contribution in [0.3, 0.4) is 0 Å². The monoisotopic (exact) mass is 342 g/mol.